The Morgan fingerprint density at radius 3 is 2.50 bits per heavy atom. The fourth-order valence-electron chi connectivity index (χ4n) is 7.77. The molecular weight excluding hydrogens is 557 g/mol. The topological polar surface area (TPSA) is 65.1 Å². The van der Waals surface area contributed by atoms with Crippen LogP contribution in [-0.2, 0) is 38.4 Å². The zero-order valence-corrected chi connectivity index (χ0v) is 28.2. The third-order valence-electron chi connectivity index (χ3n) is 9.85. The van der Waals surface area contributed by atoms with Gasteiger partial charge in [-0.05, 0) is 131 Å². The summed E-state index contributed by atoms with van der Waals surface area (Å²) in [5.74, 6) is -0.430. The van der Waals surface area contributed by atoms with Crippen molar-refractivity contribution in [3.05, 3.63) is 50.8 Å². The summed E-state index contributed by atoms with van der Waals surface area (Å²) < 4.78 is 33.6. The monoisotopic (exact) mass is 607 g/mol. The van der Waals surface area contributed by atoms with Crippen LogP contribution in [0.5, 0.6) is 5.75 Å². The summed E-state index contributed by atoms with van der Waals surface area (Å²) in [6.45, 7) is 19.4. The predicted octanol–water partition coefficient (Wildman–Crippen LogP) is 8.02. The molecule has 7 heteroatoms. The molecule has 0 spiro atoms. The van der Waals surface area contributed by atoms with E-state index in [-0.39, 0.29) is 30.4 Å². The molecule has 1 aliphatic carbocycles. The van der Waals surface area contributed by atoms with E-state index in [1.165, 1.54) is 6.42 Å². The highest BCUT2D eigenvalue weighted by molar-refractivity contribution is 5.89. The molecule has 240 valence electrons. The number of amides is 1. The van der Waals surface area contributed by atoms with E-state index in [0.717, 1.165) is 76.6 Å². The van der Waals surface area contributed by atoms with Crippen LogP contribution >= 0.6 is 0 Å². The van der Waals surface area contributed by atoms with Gasteiger partial charge in [-0.15, -0.1) is 0 Å². The average Bonchev–Trinajstić information content (AvgIpc) is 2.94. The third-order valence-corrected chi connectivity index (χ3v) is 9.85. The smallest absolute Gasteiger partial charge is 0.339 e. The van der Waals surface area contributed by atoms with Crippen LogP contribution in [0.4, 0.5) is 4.39 Å². The molecule has 2 aromatic carbocycles. The number of carbonyl (C=O) groups excluding carboxylic acids is 2. The number of carbonyl (C=O) groups is 2. The second-order valence-corrected chi connectivity index (χ2v) is 14.8. The van der Waals surface area contributed by atoms with Crippen LogP contribution in [0.15, 0.2) is 6.07 Å². The molecule has 1 fully saturated rings. The van der Waals surface area contributed by atoms with Crippen LogP contribution in [0.1, 0.15) is 119 Å². The highest BCUT2D eigenvalue weighted by Gasteiger charge is 2.40. The molecular formula is C37H50FNO5. The van der Waals surface area contributed by atoms with E-state index in [1.807, 2.05) is 34.6 Å². The Morgan fingerprint density at radius 1 is 1.11 bits per heavy atom. The van der Waals surface area contributed by atoms with Gasteiger partial charge in [-0.3, -0.25) is 4.79 Å². The van der Waals surface area contributed by atoms with E-state index in [1.54, 1.807) is 13.0 Å². The van der Waals surface area contributed by atoms with Gasteiger partial charge in [0.25, 0.3) is 0 Å². The maximum absolute atomic E-state index is 15.8. The zero-order chi connectivity index (χ0) is 32.1. The molecule has 2 aromatic rings. The van der Waals surface area contributed by atoms with Crippen molar-refractivity contribution in [3.63, 3.8) is 0 Å². The van der Waals surface area contributed by atoms with E-state index in [0.29, 0.717) is 24.5 Å². The number of benzene rings is 2. The summed E-state index contributed by atoms with van der Waals surface area (Å²) in [5.41, 5.74) is 7.38. The lowest BCUT2D eigenvalue weighted by Gasteiger charge is -2.44. The first-order chi connectivity index (χ1) is 20.6. The van der Waals surface area contributed by atoms with E-state index in [9.17, 15) is 9.59 Å². The van der Waals surface area contributed by atoms with Crippen molar-refractivity contribution in [2.24, 2.45) is 5.41 Å². The third kappa shape index (κ3) is 6.14. The molecule has 2 heterocycles. The fraction of sp³-hybridized carbons (Fsp3) is 0.622. The van der Waals surface area contributed by atoms with Gasteiger partial charge in [-0.1, -0.05) is 20.3 Å². The van der Waals surface area contributed by atoms with Gasteiger partial charge in [0, 0.05) is 23.7 Å². The zero-order valence-electron chi connectivity index (χ0n) is 28.2. The number of fused-ring (bicyclic) bond motifs is 2. The molecule has 2 aliphatic heterocycles. The lowest BCUT2D eigenvalue weighted by molar-refractivity contribution is -0.166. The fourth-order valence-corrected chi connectivity index (χ4v) is 7.77. The lowest BCUT2D eigenvalue weighted by atomic mass is 9.73. The molecule has 0 saturated heterocycles. The van der Waals surface area contributed by atoms with Gasteiger partial charge in [0.2, 0.25) is 5.91 Å². The van der Waals surface area contributed by atoms with Crippen molar-refractivity contribution >= 4 is 11.9 Å². The molecule has 2 atom stereocenters. The van der Waals surface area contributed by atoms with Crippen molar-refractivity contribution in [2.45, 2.75) is 132 Å². The van der Waals surface area contributed by atoms with Gasteiger partial charge in [-0.2, -0.15) is 0 Å². The molecule has 0 aromatic heterocycles. The minimum absolute atomic E-state index is 0.124. The number of hydrogen-bond acceptors (Lipinski definition) is 5. The normalized spacial score (nSPS) is 20.5. The van der Waals surface area contributed by atoms with E-state index < -0.39 is 23.5 Å². The first-order valence-electron chi connectivity index (χ1n) is 16.4. The van der Waals surface area contributed by atoms with Crippen LogP contribution in [0, 0.1) is 32.0 Å². The maximum Gasteiger partial charge on any atom is 0.339 e. The molecule has 0 N–H and O–H groups in total. The molecule has 6 nitrogen and oxygen atoms in total. The second kappa shape index (κ2) is 12.1. The van der Waals surface area contributed by atoms with Crippen molar-refractivity contribution in [3.8, 4) is 16.9 Å². The van der Waals surface area contributed by atoms with Crippen molar-refractivity contribution < 1.29 is 28.2 Å². The van der Waals surface area contributed by atoms with Gasteiger partial charge in [-0.25, -0.2) is 9.18 Å². The van der Waals surface area contributed by atoms with Gasteiger partial charge in [0.15, 0.2) is 17.7 Å². The first-order valence-corrected chi connectivity index (χ1v) is 16.4. The molecule has 3 aliphatic rings. The number of rotatable bonds is 6. The average molecular weight is 608 g/mol. The Labute approximate surface area is 262 Å². The minimum Gasteiger partial charge on any atom is -0.490 e. The van der Waals surface area contributed by atoms with Crippen molar-refractivity contribution in [1.82, 2.24) is 4.90 Å². The number of nitrogens with zero attached hydrogens (tertiary/aromatic N) is 1. The second-order valence-electron chi connectivity index (χ2n) is 14.8. The number of hydrogen-bond donors (Lipinski definition) is 0. The number of ether oxygens (including phenoxy) is 3. The van der Waals surface area contributed by atoms with Crippen LogP contribution in [0.3, 0.4) is 0 Å². The Morgan fingerprint density at radius 2 is 1.84 bits per heavy atom. The van der Waals surface area contributed by atoms with Crippen LogP contribution < -0.4 is 4.74 Å². The Balaban J connectivity index is 1.77. The molecule has 1 amide bonds. The van der Waals surface area contributed by atoms with E-state index in [4.69, 9.17) is 14.2 Å². The molecule has 5 rings (SSSR count). The molecule has 1 saturated carbocycles. The summed E-state index contributed by atoms with van der Waals surface area (Å²) >= 11 is 0. The number of esters is 1. The summed E-state index contributed by atoms with van der Waals surface area (Å²) in [5, 5.41) is 0. The van der Waals surface area contributed by atoms with Crippen LogP contribution in [-0.4, -0.2) is 41.6 Å². The van der Waals surface area contributed by atoms with Gasteiger partial charge in [0.1, 0.15) is 0 Å². The number of halogens is 1. The molecule has 0 radical (unpaired) electrons. The predicted molar refractivity (Wildman–Crippen MR) is 170 cm³/mol. The highest BCUT2D eigenvalue weighted by atomic mass is 19.1. The molecule has 0 unspecified atom stereocenters. The SMILES string of the molecule is CCOC(=O)[C@@H](OC(C)(C)C)c1c(C)c2c(c(C)c1-c1cc(F)c3c(c1C)CCCO3)CN([C@@H]1CCCC(C)(C)C1)C(=O)C2. The summed E-state index contributed by atoms with van der Waals surface area (Å²) in [6, 6.07) is 1.75. The Bertz CT molecular complexity index is 1470. The molecule has 44 heavy (non-hydrogen) atoms. The van der Waals surface area contributed by atoms with Gasteiger partial charge in [0.05, 0.1) is 25.2 Å². The van der Waals surface area contributed by atoms with Gasteiger partial charge < -0.3 is 19.1 Å². The minimum atomic E-state index is -1.05. The quantitative estimate of drug-likeness (QED) is 0.311. The molecule has 0 bridgehead atoms. The Kier molecular flexibility index (Phi) is 8.93. The summed E-state index contributed by atoms with van der Waals surface area (Å²) in [6.07, 6.45) is 5.03. The van der Waals surface area contributed by atoms with E-state index >= 15 is 4.39 Å². The summed E-state index contributed by atoms with van der Waals surface area (Å²) in [4.78, 5) is 29.6. The Hall–Kier alpha value is -2.93. The lowest BCUT2D eigenvalue weighted by Crippen LogP contribution is -2.47. The van der Waals surface area contributed by atoms with Crippen molar-refractivity contribution in [1.29, 1.82) is 0 Å². The van der Waals surface area contributed by atoms with Crippen LogP contribution in [0.25, 0.3) is 11.1 Å². The first kappa shape index (κ1) is 32.5. The standard InChI is InChI=1S/C37H50FNO5/c1-10-42-35(41)34(44-36(5,6)7)32-22(3)26-18-30(40)39(24-13-11-15-37(8,9)19-24)20-28(26)23(4)31(32)27-17-29(38)33-25(21(27)2)14-12-16-43-33/h17,24,34H,10-16,18-20H2,1-9H3/t24-,34+/m1/s1. The maximum atomic E-state index is 15.8. The van der Waals surface area contributed by atoms with E-state index in [2.05, 4.69) is 25.7 Å². The largest absolute Gasteiger partial charge is 0.490 e. The van der Waals surface area contributed by atoms with Crippen molar-refractivity contribution in [2.75, 3.05) is 13.2 Å². The highest BCUT2D eigenvalue weighted by Crippen LogP contribution is 2.47. The van der Waals surface area contributed by atoms with Crippen LogP contribution in [0.2, 0.25) is 0 Å². The van der Waals surface area contributed by atoms with Gasteiger partial charge >= 0.3 is 5.97 Å². The summed E-state index contributed by atoms with van der Waals surface area (Å²) in [7, 11) is 0.